The number of nitrogens with two attached hydrogens (primary N) is 1. The molecule has 2 unspecified atom stereocenters. The van der Waals surface area contributed by atoms with Crippen molar-refractivity contribution in [2.24, 2.45) is 5.73 Å². The van der Waals surface area contributed by atoms with Crippen LogP contribution in [0.25, 0.3) is 0 Å². The van der Waals surface area contributed by atoms with Crippen LogP contribution in [0.4, 0.5) is 0 Å². The largest absolute Gasteiger partial charge is 0.329 e. The lowest BCUT2D eigenvalue weighted by molar-refractivity contribution is 0.0895. The van der Waals surface area contributed by atoms with E-state index in [0.29, 0.717) is 6.04 Å². The molecule has 0 spiro atoms. The summed E-state index contributed by atoms with van der Waals surface area (Å²) in [6, 6.07) is 1.47. The summed E-state index contributed by atoms with van der Waals surface area (Å²) in [5, 5.41) is 0. The Morgan fingerprint density at radius 1 is 1.00 bits per heavy atom. The van der Waals surface area contributed by atoms with Crippen LogP contribution < -0.4 is 5.73 Å². The van der Waals surface area contributed by atoms with Crippen LogP contribution in [0.3, 0.4) is 0 Å². The van der Waals surface area contributed by atoms with E-state index in [2.05, 4.69) is 16.7 Å². The van der Waals surface area contributed by atoms with Gasteiger partial charge in [0.2, 0.25) is 0 Å². The van der Waals surface area contributed by atoms with Crippen molar-refractivity contribution in [3.63, 3.8) is 0 Å². The van der Waals surface area contributed by atoms with Gasteiger partial charge in [0.05, 0.1) is 0 Å². The average molecular weight is 239 g/mol. The number of hydrogen-bond donors (Lipinski definition) is 1. The highest BCUT2D eigenvalue weighted by atomic mass is 15.2. The van der Waals surface area contributed by atoms with Gasteiger partial charge in [-0.2, -0.15) is 0 Å². The summed E-state index contributed by atoms with van der Waals surface area (Å²) < 4.78 is 0. The Balaban J connectivity index is 1.91. The topological polar surface area (TPSA) is 32.5 Å². The normalized spacial score (nSPS) is 33.5. The summed E-state index contributed by atoms with van der Waals surface area (Å²) in [6.45, 7) is 8.23. The van der Waals surface area contributed by atoms with Crippen LogP contribution >= 0.6 is 0 Å². The van der Waals surface area contributed by atoms with Crippen molar-refractivity contribution >= 4 is 0 Å². The number of hydrogen-bond acceptors (Lipinski definition) is 3. The number of rotatable bonds is 3. The van der Waals surface area contributed by atoms with Crippen LogP contribution in [0, 0.1) is 0 Å². The third-order valence-corrected chi connectivity index (χ3v) is 4.65. The molecule has 2 heterocycles. The molecule has 0 amide bonds. The van der Waals surface area contributed by atoms with E-state index in [0.717, 1.165) is 12.6 Å². The van der Waals surface area contributed by atoms with Gasteiger partial charge in [-0.15, -0.1) is 0 Å². The molecule has 100 valence electrons. The smallest absolute Gasteiger partial charge is 0.0221 e. The van der Waals surface area contributed by atoms with Gasteiger partial charge in [-0.3, -0.25) is 4.90 Å². The molecule has 2 fully saturated rings. The van der Waals surface area contributed by atoms with Crippen molar-refractivity contribution in [2.45, 2.75) is 57.5 Å². The van der Waals surface area contributed by atoms with E-state index in [-0.39, 0.29) is 0 Å². The van der Waals surface area contributed by atoms with E-state index in [9.17, 15) is 0 Å². The van der Waals surface area contributed by atoms with Gasteiger partial charge in [0.15, 0.2) is 0 Å². The van der Waals surface area contributed by atoms with E-state index >= 15 is 0 Å². The maximum atomic E-state index is 5.94. The standard InChI is InChI=1S/C14H29N3/c1-2-16-9-5-7-13(8-11-16)17-10-4-3-6-14(17)12-15/h13-14H,2-12,15H2,1H3. The number of nitrogens with zero attached hydrogens (tertiary/aromatic N) is 2. The fourth-order valence-corrected chi connectivity index (χ4v) is 3.54. The highest BCUT2D eigenvalue weighted by molar-refractivity contribution is 4.85. The number of piperidine rings is 1. The zero-order valence-electron chi connectivity index (χ0n) is 11.4. The second-order valence-corrected chi connectivity index (χ2v) is 5.64. The first-order chi connectivity index (χ1) is 8.35. The van der Waals surface area contributed by atoms with Crippen LogP contribution in [-0.2, 0) is 0 Å². The molecular formula is C14H29N3. The highest BCUT2D eigenvalue weighted by Gasteiger charge is 2.29. The minimum absolute atomic E-state index is 0.668. The van der Waals surface area contributed by atoms with Crippen molar-refractivity contribution in [3.8, 4) is 0 Å². The Hall–Kier alpha value is -0.120. The SMILES string of the molecule is CCN1CCCC(N2CCCCC2CN)CC1. The molecule has 0 aliphatic carbocycles. The first-order valence-electron chi connectivity index (χ1n) is 7.53. The molecule has 2 aliphatic heterocycles. The predicted molar refractivity (Wildman–Crippen MR) is 73.2 cm³/mol. The van der Waals surface area contributed by atoms with E-state index in [1.54, 1.807) is 0 Å². The van der Waals surface area contributed by atoms with Crippen molar-refractivity contribution in [1.29, 1.82) is 0 Å². The molecule has 17 heavy (non-hydrogen) atoms. The predicted octanol–water partition coefficient (Wildman–Crippen LogP) is 1.67. The molecule has 2 N–H and O–H groups in total. The average Bonchev–Trinajstić information content (AvgIpc) is 2.63. The molecule has 0 radical (unpaired) electrons. The van der Waals surface area contributed by atoms with Crippen LogP contribution in [0.1, 0.15) is 45.4 Å². The molecule has 2 atom stereocenters. The Kier molecular flexibility index (Phi) is 5.26. The summed E-state index contributed by atoms with van der Waals surface area (Å²) in [4.78, 5) is 5.34. The third-order valence-electron chi connectivity index (χ3n) is 4.65. The van der Waals surface area contributed by atoms with E-state index < -0.39 is 0 Å². The van der Waals surface area contributed by atoms with Gasteiger partial charge in [0.1, 0.15) is 0 Å². The van der Waals surface area contributed by atoms with Gasteiger partial charge in [0, 0.05) is 18.6 Å². The molecule has 3 nitrogen and oxygen atoms in total. The van der Waals surface area contributed by atoms with Crippen molar-refractivity contribution in [3.05, 3.63) is 0 Å². The first-order valence-corrected chi connectivity index (χ1v) is 7.53. The quantitative estimate of drug-likeness (QED) is 0.813. The van der Waals surface area contributed by atoms with Crippen molar-refractivity contribution in [2.75, 3.05) is 32.7 Å². The lowest BCUT2D eigenvalue weighted by Crippen LogP contribution is -2.49. The summed E-state index contributed by atoms with van der Waals surface area (Å²) >= 11 is 0. The van der Waals surface area contributed by atoms with Gasteiger partial charge >= 0.3 is 0 Å². The van der Waals surface area contributed by atoms with Gasteiger partial charge in [0.25, 0.3) is 0 Å². The van der Waals surface area contributed by atoms with E-state index in [4.69, 9.17) is 5.73 Å². The molecule has 0 bridgehead atoms. The lowest BCUT2D eigenvalue weighted by atomic mass is 9.97. The Bertz CT molecular complexity index is 220. The summed E-state index contributed by atoms with van der Waals surface area (Å²) in [5.41, 5.74) is 5.94. The molecule has 2 rings (SSSR count). The summed E-state index contributed by atoms with van der Waals surface area (Å²) in [6.07, 6.45) is 8.19. The maximum Gasteiger partial charge on any atom is 0.0221 e. The Labute approximate surface area is 106 Å². The van der Waals surface area contributed by atoms with Gasteiger partial charge in [-0.25, -0.2) is 0 Å². The van der Waals surface area contributed by atoms with Crippen molar-refractivity contribution in [1.82, 2.24) is 9.80 Å². The number of likely N-dealkylation sites (tertiary alicyclic amines) is 2. The molecule has 0 saturated carbocycles. The minimum atomic E-state index is 0.668. The molecule has 0 aromatic heterocycles. The maximum absolute atomic E-state index is 5.94. The Morgan fingerprint density at radius 2 is 1.88 bits per heavy atom. The fourth-order valence-electron chi connectivity index (χ4n) is 3.54. The van der Waals surface area contributed by atoms with Crippen LogP contribution in [0.2, 0.25) is 0 Å². The van der Waals surface area contributed by atoms with Gasteiger partial charge in [-0.05, 0) is 58.3 Å². The first kappa shape index (κ1) is 13.3. The molecule has 2 aliphatic rings. The van der Waals surface area contributed by atoms with Crippen LogP contribution in [0.15, 0.2) is 0 Å². The zero-order valence-corrected chi connectivity index (χ0v) is 11.4. The van der Waals surface area contributed by atoms with Crippen LogP contribution in [0.5, 0.6) is 0 Å². The minimum Gasteiger partial charge on any atom is -0.329 e. The third kappa shape index (κ3) is 3.43. The van der Waals surface area contributed by atoms with E-state index in [1.807, 2.05) is 0 Å². The fraction of sp³-hybridized carbons (Fsp3) is 1.00. The summed E-state index contributed by atoms with van der Waals surface area (Å²) in [7, 11) is 0. The molecule has 3 heteroatoms. The second-order valence-electron chi connectivity index (χ2n) is 5.64. The molecule has 2 saturated heterocycles. The van der Waals surface area contributed by atoms with Crippen molar-refractivity contribution < 1.29 is 0 Å². The van der Waals surface area contributed by atoms with Gasteiger partial charge < -0.3 is 10.6 Å². The molecular weight excluding hydrogens is 210 g/mol. The summed E-state index contributed by atoms with van der Waals surface area (Å²) in [5.74, 6) is 0. The molecule has 0 aromatic carbocycles. The van der Waals surface area contributed by atoms with E-state index in [1.165, 1.54) is 64.7 Å². The monoisotopic (exact) mass is 239 g/mol. The second kappa shape index (κ2) is 6.72. The zero-order chi connectivity index (χ0) is 12.1. The highest BCUT2D eigenvalue weighted by Crippen LogP contribution is 2.24. The lowest BCUT2D eigenvalue weighted by Gasteiger charge is -2.40. The van der Waals surface area contributed by atoms with Crippen LogP contribution in [-0.4, -0.2) is 54.6 Å². The molecule has 0 aromatic rings. The van der Waals surface area contributed by atoms with Gasteiger partial charge in [-0.1, -0.05) is 13.3 Å². The Morgan fingerprint density at radius 3 is 2.65 bits per heavy atom.